The fourth-order valence-electron chi connectivity index (χ4n) is 2.73. The van der Waals surface area contributed by atoms with Crippen LogP contribution in [0.15, 0.2) is 30.3 Å². The Bertz CT molecular complexity index is 725. The minimum absolute atomic E-state index is 0.0624. The molecule has 0 bridgehead atoms. The first kappa shape index (κ1) is 16.0. The molecule has 0 saturated carbocycles. The van der Waals surface area contributed by atoms with Crippen molar-refractivity contribution in [1.29, 1.82) is 0 Å². The normalized spacial score (nSPS) is 15.6. The molecule has 1 saturated heterocycles. The Morgan fingerprint density at radius 2 is 2.04 bits per heavy atom. The number of aromatic nitrogens is 3. The molecule has 3 rings (SSSR count). The molecule has 1 unspecified atom stereocenters. The molecule has 1 aliphatic rings. The van der Waals surface area contributed by atoms with Gasteiger partial charge in [-0.3, -0.25) is 0 Å². The second-order valence-electron chi connectivity index (χ2n) is 5.86. The minimum Gasteiger partial charge on any atom is -0.476 e. The maximum Gasteiger partial charge on any atom is 0.410 e. The van der Waals surface area contributed by atoms with Crippen LogP contribution in [0.1, 0.15) is 34.6 Å². The van der Waals surface area contributed by atoms with E-state index in [0.29, 0.717) is 18.8 Å². The van der Waals surface area contributed by atoms with Gasteiger partial charge in [-0.25, -0.2) is 9.59 Å². The molecule has 1 aliphatic heterocycles. The molecule has 2 heterocycles. The van der Waals surface area contributed by atoms with Gasteiger partial charge in [0.1, 0.15) is 12.3 Å². The number of nitrogens with one attached hydrogen (secondary N) is 1. The molecule has 1 atom stereocenters. The Kier molecular flexibility index (Phi) is 4.45. The molecule has 8 heteroatoms. The van der Waals surface area contributed by atoms with E-state index < -0.39 is 5.97 Å². The molecular formula is C16H18N4O4. The number of likely N-dealkylation sites (tertiary alicyclic amines) is 1. The number of hydrogen-bond donors (Lipinski definition) is 2. The number of nitrogens with zero attached hydrogens (tertiary/aromatic N) is 3. The predicted molar refractivity (Wildman–Crippen MR) is 83.4 cm³/mol. The van der Waals surface area contributed by atoms with Crippen LogP contribution in [0, 0.1) is 5.92 Å². The molecule has 126 valence electrons. The number of carbonyl (C=O) groups excluding carboxylic acids is 1. The lowest BCUT2D eigenvalue weighted by atomic mass is 9.84. The third kappa shape index (κ3) is 3.22. The van der Waals surface area contributed by atoms with Gasteiger partial charge in [-0.05, 0) is 5.56 Å². The van der Waals surface area contributed by atoms with Crippen molar-refractivity contribution in [3.05, 3.63) is 47.3 Å². The molecule has 24 heavy (non-hydrogen) atoms. The number of aromatic amines is 1. The maximum atomic E-state index is 12.0. The molecule has 8 nitrogen and oxygen atoms in total. The van der Waals surface area contributed by atoms with Gasteiger partial charge >= 0.3 is 12.1 Å². The largest absolute Gasteiger partial charge is 0.476 e. The van der Waals surface area contributed by atoms with Gasteiger partial charge in [-0.2, -0.15) is 10.3 Å². The topological polar surface area (TPSA) is 108 Å². The highest BCUT2D eigenvalue weighted by Gasteiger charge is 2.38. The molecule has 0 aliphatic carbocycles. The standard InChI is InChI=1S/C16H18N4O4/c1-10(13-14(15(21)22)18-19-17-13)12-7-20(8-12)16(23)24-9-11-5-3-2-4-6-11/h2-6,10,12H,7-9H2,1H3,(H,21,22)(H,17,18,19). The number of H-pyrrole nitrogens is 1. The summed E-state index contributed by atoms with van der Waals surface area (Å²) < 4.78 is 5.27. The van der Waals surface area contributed by atoms with Gasteiger partial charge in [0.15, 0.2) is 5.69 Å². The highest BCUT2D eigenvalue weighted by molar-refractivity contribution is 5.86. The number of benzene rings is 1. The fraction of sp³-hybridized carbons (Fsp3) is 0.375. The van der Waals surface area contributed by atoms with Crippen LogP contribution in [-0.2, 0) is 11.3 Å². The highest BCUT2D eigenvalue weighted by atomic mass is 16.6. The summed E-state index contributed by atoms with van der Waals surface area (Å²) in [7, 11) is 0. The van der Waals surface area contributed by atoms with E-state index >= 15 is 0 Å². The van der Waals surface area contributed by atoms with Crippen LogP contribution in [0.2, 0.25) is 0 Å². The zero-order valence-corrected chi connectivity index (χ0v) is 13.2. The van der Waals surface area contributed by atoms with Gasteiger partial charge in [-0.15, -0.1) is 5.10 Å². The average molecular weight is 330 g/mol. The number of rotatable bonds is 5. The summed E-state index contributed by atoms with van der Waals surface area (Å²) in [6.07, 6.45) is -0.360. The van der Waals surface area contributed by atoms with Gasteiger partial charge < -0.3 is 14.7 Å². The van der Waals surface area contributed by atoms with E-state index in [0.717, 1.165) is 5.56 Å². The maximum absolute atomic E-state index is 12.0. The lowest BCUT2D eigenvalue weighted by Crippen LogP contribution is -2.52. The first-order chi connectivity index (χ1) is 11.6. The monoisotopic (exact) mass is 330 g/mol. The number of carboxylic acid groups (broad SMARTS) is 1. The molecule has 1 aromatic carbocycles. The number of ether oxygens (including phenoxy) is 1. The van der Waals surface area contributed by atoms with Crippen molar-refractivity contribution in [3.8, 4) is 0 Å². The molecule has 1 fully saturated rings. The molecule has 1 amide bonds. The van der Waals surface area contributed by atoms with Crippen molar-refractivity contribution in [1.82, 2.24) is 20.3 Å². The third-order valence-electron chi connectivity index (χ3n) is 4.29. The molecular weight excluding hydrogens is 312 g/mol. The summed E-state index contributed by atoms with van der Waals surface area (Å²) in [5.74, 6) is -1.07. The van der Waals surface area contributed by atoms with E-state index in [2.05, 4.69) is 15.4 Å². The van der Waals surface area contributed by atoms with Crippen LogP contribution in [0.5, 0.6) is 0 Å². The van der Waals surface area contributed by atoms with E-state index in [1.807, 2.05) is 37.3 Å². The van der Waals surface area contributed by atoms with Crippen LogP contribution >= 0.6 is 0 Å². The summed E-state index contributed by atoms with van der Waals surface area (Å²) >= 11 is 0. The van der Waals surface area contributed by atoms with Crippen LogP contribution < -0.4 is 0 Å². The van der Waals surface area contributed by atoms with E-state index in [9.17, 15) is 9.59 Å². The molecule has 0 spiro atoms. The second kappa shape index (κ2) is 6.69. The summed E-state index contributed by atoms with van der Waals surface area (Å²) in [6, 6.07) is 9.48. The predicted octanol–water partition coefficient (Wildman–Crippen LogP) is 1.87. The van der Waals surface area contributed by atoms with Crippen molar-refractivity contribution in [3.63, 3.8) is 0 Å². The summed E-state index contributed by atoms with van der Waals surface area (Å²) in [5, 5.41) is 19.0. The smallest absolute Gasteiger partial charge is 0.410 e. The van der Waals surface area contributed by atoms with Crippen molar-refractivity contribution < 1.29 is 19.4 Å². The number of amides is 1. The van der Waals surface area contributed by atoms with Crippen molar-refractivity contribution in [2.45, 2.75) is 19.4 Å². The lowest BCUT2D eigenvalue weighted by molar-refractivity contribution is 0.0423. The number of carbonyl (C=O) groups is 2. The van der Waals surface area contributed by atoms with E-state index in [1.54, 1.807) is 4.90 Å². The number of carboxylic acids is 1. The Hall–Kier alpha value is -2.90. The highest BCUT2D eigenvalue weighted by Crippen LogP contribution is 2.32. The van der Waals surface area contributed by atoms with Gasteiger partial charge in [0, 0.05) is 24.9 Å². The average Bonchev–Trinajstić information content (AvgIpc) is 3.02. The number of aromatic carboxylic acids is 1. The van der Waals surface area contributed by atoms with Crippen LogP contribution in [0.3, 0.4) is 0 Å². The zero-order chi connectivity index (χ0) is 17.1. The summed E-state index contributed by atoms with van der Waals surface area (Å²) in [5.41, 5.74) is 1.29. The second-order valence-corrected chi connectivity index (χ2v) is 5.86. The van der Waals surface area contributed by atoms with Crippen molar-refractivity contribution >= 4 is 12.1 Å². The number of hydrogen-bond acceptors (Lipinski definition) is 5. The molecule has 1 aromatic heterocycles. The van der Waals surface area contributed by atoms with E-state index in [-0.39, 0.29) is 30.2 Å². The Balaban J connectivity index is 1.50. The summed E-state index contributed by atoms with van der Waals surface area (Å²) in [4.78, 5) is 24.7. The molecule has 2 N–H and O–H groups in total. The third-order valence-corrected chi connectivity index (χ3v) is 4.29. The Morgan fingerprint density at radius 1 is 1.33 bits per heavy atom. The lowest BCUT2D eigenvalue weighted by Gasteiger charge is -2.41. The van der Waals surface area contributed by atoms with E-state index in [1.165, 1.54) is 0 Å². The van der Waals surface area contributed by atoms with Crippen molar-refractivity contribution in [2.24, 2.45) is 5.92 Å². The van der Waals surface area contributed by atoms with Crippen molar-refractivity contribution in [2.75, 3.05) is 13.1 Å². The van der Waals surface area contributed by atoms with Crippen LogP contribution in [-0.4, -0.2) is 50.6 Å². The fourth-order valence-corrected chi connectivity index (χ4v) is 2.73. The molecule has 2 aromatic rings. The summed E-state index contributed by atoms with van der Waals surface area (Å²) in [6.45, 7) is 3.16. The van der Waals surface area contributed by atoms with Crippen LogP contribution in [0.4, 0.5) is 4.79 Å². The minimum atomic E-state index is -1.11. The van der Waals surface area contributed by atoms with Gasteiger partial charge in [0.2, 0.25) is 0 Å². The Morgan fingerprint density at radius 3 is 2.71 bits per heavy atom. The SMILES string of the molecule is CC(c1n[nH]nc1C(=O)O)C1CN(C(=O)OCc2ccccc2)C1. The Labute approximate surface area is 138 Å². The van der Waals surface area contributed by atoms with E-state index in [4.69, 9.17) is 9.84 Å². The van der Waals surface area contributed by atoms with Gasteiger partial charge in [0.25, 0.3) is 0 Å². The zero-order valence-electron chi connectivity index (χ0n) is 13.2. The van der Waals surface area contributed by atoms with Gasteiger partial charge in [0.05, 0.1) is 0 Å². The van der Waals surface area contributed by atoms with Gasteiger partial charge in [-0.1, -0.05) is 37.3 Å². The quantitative estimate of drug-likeness (QED) is 0.866. The first-order valence-corrected chi connectivity index (χ1v) is 7.66. The first-order valence-electron chi connectivity index (χ1n) is 7.66. The molecule has 0 radical (unpaired) electrons. The van der Waals surface area contributed by atoms with Crippen LogP contribution in [0.25, 0.3) is 0 Å².